The van der Waals surface area contributed by atoms with E-state index in [1.165, 1.54) is 10.9 Å². The highest BCUT2D eigenvalue weighted by atomic mass is 32.1. The summed E-state index contributed by atoms with van der Waals surface area (Å²) in [6.45, 7) is -0.446. The summed E-state index contributed by atoms with van der Waals surface area (Å²) in [7, 11) is 0. The number of aliphatic hydroxyl groups is 3. The summed E-state index contributed by atoms with van der Waals surface area (Å²) in [5.41, 5.74) is -0.0598. The van der Waals surface area contributed by atoms with Crippen LogP contribution in [0.5, 0.6) is 0 Å². The zero-order chi connectivity index (χ0) is 14.4. The number of fused-ring (bicyclic) bond motifs is 1. The summed E-state index contributed by atoms with van der Waals surface area (Å²) in [4.78, 5) is 20.7. The van der Waals surface area contributed by atoms with Gasteiger partial charge in [-0.3, -0.25) is 9.36 Å². The van der Waals surface area contributed by atoms with Crippen molar-refractivity contribution in [2.24, 2.45) is 0 Å². The molecule has 0 unspecified atom stereocenters. The Morgan fingerprint density at radius 3 is 2.85 bits per heavy atom. The molecule has 4 atom stereocenters. The summed E-state index contributed by atoms with van der Waals surface area (Å²) in [5, 5.41) is 28.9. The van der Waals surface area contributed by atoms with Crippen molar-refractivity contribution < 1.29 is 20.1 Å². The van der Waals surface area contributed by atoms with E-state index in [-0.39, 0.29) is 15.9 Å². The van der Waals surface area contributed by atoms with Gasteiger partial charge in [0.05, 0.1) is 12.9 Å². The Labute approximate surface area is 116 Å². The Hall–Kier alpha value is -1.59. The van der Waals surface area contributed by atoms with Crippen LogP contribution < -0.4 is 5.56 Å². The van der Waals surface area contributed by atoms with E-state index < -0.39 is 36.7 Å². The number of imidazole rings is 1. The Kier molecular flexibility index (Phi) is 3.18. The number of nitrogens with zero attached hydrogens (tertiary/aromatic N) is 2. The Morgan fingerprint density at radius 2 is 2.20 bits per heavy atom. The van der Waals surface area contributed by atoms with Crippen LogP contribution in [0.25, 0.3) is 11.2 Å². The molecule has 0 amide bonds. The second-order valence-electron chi connectivity index (χ2n) is 4.46. The van der Waals surface area contributed by atoms with E-state index in [0.717, 1.165) is 0 Å². The van der Waals surface area contributed by atoms with Crippen LogP contribution in [0.15, 0.2) is 11.1 Å². The standard InChI is InChI=1S/C10H12N4O5S/c15-1-3-5(16)6(17)9(19-3)14-7-4(13-10(14)20)8(18)12-2-11-7/h2-3,5-6,9,15-17H,1H2,(H,13,20)(H,11,12,18)/t3-,5-,6+,9-/m0/s1. The zero-order valence-electron chi connectivity index (χ0n) is 10.1. The van der Waals surface area contributed by atoms with Crippen LogP contribution in [0.1, 0.15) is 6.23 Å². The molecule has 0 saturated carbocycles. The topological polar surface area (TPSA) is 136 Å². The molecule has 3 heterocycles. The molecule has 20 heavy (non-hydrogen) atoms. The third-order valence-corrected chi connectivity index (χ3v) is 3.58. The molecule has 1 fully saturated rings. The van der Waals surface area contributed by atoms with Crippen molar-refractivity contribution in [2.75, 3.05) is 6.61 Å². The highest BCUT2D eigenvalue weighted by Gasteiger charge is 2.44. The molecule has 0 aromatic carbocycles. The van der Waals surface area contributed by atoms with Crippen molar-refractivity contribution in [1.82, 2.24) is 19.5 Å². The number of H-pyrrole nitrogens is 2. The van der Waals surface area contributed by atoms with E-state index in [2.05, 4.69) is 15.0 Å². The number of aliphatic hydroxyl groups excluding tert-OH is 3. The first-order valence-electron chi connectivity index (χ1n) is 5.85. The van der Waals surface area contributed by atoms with Gasteiger partial charge in [0, 0.05) is 0 Å². The molecule has 3 rings (SSSR count). The zero-order valence-corrected chi connectivity index (χ0v) is 10.9. The Balaban J connectivity index is 2.16. The molecule has 0 bridgehead atoms. The molecule has 9 nitrogen and oxygen atoms in total. The molecule has 0 radical (unpaired) electrons. The van der Waals surface area contributed by atoms with Crippen molar-refractivity contribution >= 4 is 23.4 Å². The first kappa shape index (κ1) is 13.4. The fraction of sp³-hybridized carbons (Fsp3) is 0.500. The summed E-state index contributed by atoms with van der Waals surface area (Å²) in [6, 6.07) is 0. The maximum atomic E-state index is 11.6. The van der Waals surface area contributed by atoms with Gasteiger partial charge in [-0.05, 0) is 12.2 Å². The highest BCUT2D eigenvalue weighted by Crippen LogP contribution is 2.31. The van der Waals surface area contributed by atoms with E-state index in [1.807, 2.05) is 0 Å². The minimum absolute atomic E-state index is 0.124. The fourth-order valence-electron chi connectivity index (χ4n) is 2.28. The fourth-order valence-corrected chi connectivity index (χ4v) is 2.57. The monoisotopic (exact) mass is 300 g/mol. The van der Waals surface area contributed by atoms with Gasteiger partial charge in [-0.15, -0.1) is 0 Å². The molecule has 1 aliphatic heterocycles. The quantitative estimate of drug-likeness (QED) is 0.421. The van der Waals surface area contributed by atoms with Crippen LogP contribution in [0, 0.1) is 4.77 Å². The predicted octanol–water partition coefficient (Wildman–Crippen LogP) is -1.61. The van der Waals surface area contributed by atoms with Gasteiger partial charge in [0.15, 0.2) is 22.2 Å². The summed E-state index contributed by atoms with van der Waals surface area (Å²) in [6.07, 6.45) is -3.30. The van der Waals surface area contributed by atoms with Crippen molar-refractivity contribution in [2.45, 2.75) is 24.5 Å². The lowest BCUT2D eigenvalue weighted by Crippen LogP contribution is -2.33. The lowest BCUT2D eigenvalue weighted by molar-refractivity contribution is -0.0517. The number of nitrogens with one attached hydrogen (secondary N) is 2. The van der Waals surface area contributed by atoms with Gasteiger partial charge < -0.3 is 30.0 Å². The predicted molar refractivity (Wildman–Crippen MR) is 68.5 cm³/mol. The van der Waals surface area contributed by atoms with E-state index >= 15 is 0 Å². The lowest BCUT2D eigenvalue weighted by Gasteiger charge is -2.16. The van der Waals surface area contributed by atoms with Crippen LogP contribution in [-0.2, 0) is 4.74 Å². The molecular weight excluding hydrogens is 288 g/mol. The average molecular weight is 300 g/mol. The van der Waals surface area contributed by atoms with Crippen LogP contribution in [0.3, 0.4) is 0 Å². The highest BCUT2D eigenvalue weighted by molar-refractivity contribution is 7.71. The molecule has 2 aromatic heterocycles. The van der Waals surface area contributed by atoms with E-state index in [0.29, 0.717) is 0 Å². The molecule has 2 aromatic rings. The average Bonchev–Trinajstić information content (AvgIpc) is 2.90. The van der Waals surface area contributed by atoms with Crippen molar-refractivity contribution in [3.05, 3.63) is 21.5 Å². The number of aromatic nitrogens is 4. The summed E-state index contributed by atoms with van der Waals surface area (Å²) < 4.78 is 6.82. The smallest absolute Gasteiger partial charge is 0.276 e. The number of hydrogen-bond donors (Lipinski definition) is 5. The largest absolute Gasteiger partial charge is 0.394 e. The molecule has 5 N–H and O–H groups in total. The van der Waals surface area contributed by atoms with Gasteiger partial charge >= 0.3 is 0 Å². The van der Waals surface area contributed by atoms with Crippen molar-refractivity contribution in [3.8, 4) is 0 Å². The first-order valence-corrected chi connectivity index (χ1v) is 6.25. The maximum absolute atomic E-state index is 11.6. The second kappa shape index (κ2) is 4.75. The molecule has 1 aliphatic rings. The van der Waals surface area contributed by atoms with Gasteiger partial charge in [0.1, 0.15) is 18.3 Å². The minimum atomic E-state index is -1.29. The normalized spacial score (nSPS) is 30.1. The van der Waals surface area contributed by atoms with Gasteiger partial charge in [-0.2, -0.15) is 0 Å². The van der Waals surface area contributed by atoms with Gasteiger partial charge in [-0.1, -0.05) is 0 Å². The maximum Gasteiger partial charge on any atom is 0.276 e. The Morgan fingerprint density at radius 1 is 1.45 bits per heavy atom. The molecule has 108 valence electrons. The van der Waals surface area contributed by atoms with Gasteiger partial charge in [0.2, 0.25) is 0 Å². The molecule has 1 saturated heterocycles. The Bertz CT molecular complexity index is 752. The van der Waals surface area contributed by atoms with Crippen LogP contribution in [-0.4, -0.2) is 59.8 Å². The van der Waals surface area contributed by atoms with Crippen LogP contribution in [0.2, 0.25) is 0 Å². The summed E-state index contributed by atoms with van der Waals surface area (Å²) in [5.74, 6) is 0. The first-order chi connectivity index (χ1) is 9.54. The number of hydrogen-bond acceptors (Lipinski definition) is 7. The number of ether oxygens (including phenoxy) is 1. The third kappa shape index (κ3) is 1.81. The number of rotatable bonds is 2. The molecular formula is C10H12N4O5S. The van der Waals surface area contributed by atoms with E-state index in [9.17, 15) is 15.0 Å². The van der Waals surface area contributed by atoms with Crippen LogP contribution >= 0.6 is 12.2 Å². The SMILES string of the molecule is O=c1[nH]cnc2c1[nH]c(=S)n2[C@H]1O[C@@H](CO)[C@H](O)[C@H]1O. The van der Waals surface area contributed by atoms with Crippen LogP contribution in [0.4, 0.5) is 0 Å². The van der Waals surface area contributed by atoms with E-state index in [4.69, 9.17) is 22.1 Å². The van der Waals surface area contributed by atoms with Gasteiger partial charge in [0.25, 0.3) is 5.56 Å². The van der Waals surface area contributed by atoms with E-state index in [1.54, 1.807) is 0 Å². The summed E-state index contributed by atoms with van der Waals surface area (Å²) >= 11 is 5.10. The minimum Gasteiger partial charge on any atom is -0.394 e. The molecule has 10 heteroatoms. The molecule has 0 spiro atoms. The van der Waals surface area contributed by atoms with Crippen molar-refractivity contribution in [1.29, 1.82) is 0 Å². The second-order valence-corrected chi connectivity index (χ2v) is 4.85. The van der Waals surface area contributed by atoms with Gasteiger partial charge in [-0.25, -0.2) is 4.98 Å². The molecule has 0 aliphatic carbocycles. The number of aromatic amines is 2. The van der Waals surface area contributed by atoms with Crippen molar-refractivity contribution in [3.63, 3.8) is 0 Å². The lowest BCUT2D eigenvalue weighted by atomic mass is 10.1. The third-order valence-electron chi connectivity index (χ3n) is 3.28.